The van der Waals surface area contributed by atoms with Crippen LogP contribution in [0.25, 0.3) is 0 Å². The van der Waals surface area contributed by atoms with Gasteiger partial charge < -0.3 is 5.32 Å². The highest BCUT2D eigenvalue weighted by Crippen LogP contribution is 2.37. The molecule has 1 atom stereocenters. The van der Waals surface area contributed by atoms with E-state index in [1.807, 2.05) is 6.92 Å². The van der Waals surface area contributed by atoms with Crippen molar-refractivity contribution in [1.29, 1.82) is 0 Å². The molecular formula is C20H19FN4O3S2. The Labute approximate surface area is 177 Å². The van der Waals surface area contributed by atoms with Crippen LogP contribution in [0.3, 0.4) is 0 Å². The Hall–Kier alpha value is -2.69. The van der Waals surface area contributed by atoms with Gasteiger partial charge in [0.1, 0.15) is 10.8 Å². The number of carbonyl (C=O) groups excluding carboxylic acids is 1. The summed E-state index contributed by atoms with van der Waals surface area (Å²) in [6.45, 7) is 2.28. The molecule has 1 fully saturated rings. The van der Waals surface area contributed by atoms with Gasteiger partial charge in [-0.25, -0.2) is 12.8 Å². The highest BCUT2D eigenvalue weighted by molar-refractivity contribution is 7.89. The average Bonchev–Trinajstić information content (AvgIpc) is 3.38. The van der Waals surface area contributed by atoms with E-state index in [4.69, 9.17) is 0 Å². The van der Waals surface area contributed by atoms with Crippen LogP contribution in [0.15, 0.2) is 53.4 Å². The van der Waals surface area contributed by atoms with Crippen LogP contribution in [0, 0.1) is 12.7 Å². The van der Waals surface area contributed by atoms with E-state index in [1.165, 1.54) is 22.5 Å². The maximum Gasteiger partial charge on any atom is 0.286 e. The minimum Gasteiger partial charge on any atom is -0.320 e. The number of nitrogens with one attached hydrogen (secondary N) is 1. The van der Waals surface area contributed by atoms with E-state index in [9.17, 15) is 17.6 Å². The van der Waals surface area contributed by atoms with E-state index in [0.29, 0.717) is 30.1 Å². The summed E-state index contributed by atoms with van der Waals surface area (Å²) in [5.74, 6) is -0.982. The molecule has 1 N–H and O–H groups in total. The van der Waals surface area contributed by atoms with Crippen molar-refractivity contribution >= 4 is 33.0 Å². The smallest absolute Gasteiger partial charge is 0.286 e. The van der Waals surface area contributed by atoms with Crippen molar-refractivity contribution in [2.45, 2.75) is 30.7 Å². The van der Waals surface area contributed by atoms with E-state index in [-0.39, 0.29) is 9.90 Å². The minimum atomic E-state index is -3.69. The van der Waals surface area contributed by atoms with Gasteiger partial charge >= 0.3 is 0 Å². The zero-order valence-electron chi connectivity index (χ0n) is 16.1. The molecule has 0 saturated carbocycles. The molecule has 3 aromatic rings. The van der Waals surface area contributed by atoms with Crippen LogP contribution >= 0.6 is 11.3 Å². The van der Waals surface area contributed by atoms with E-state index in [0.717, 1.165) is 16.9 Å². The van der Waals surface area contributed by atoms with Crippen molar-refractivity contribution in [2.75, 3.05) is 11.9 Å². The maximum atomic E-state index is 13.3. The predicted molar refractivity (Wildman–Crippen MR) is 111 cm³/mol. The Morgan fingerprint density at radius 1 is 1.20 bits per heavy atom. The Bertz CT molecular complexity index is 1180. The molecule has 0 radical (unpaired) electrons. The number of benzene rings is 2. The molecule has 1 amide bonds. The molecule has 2 aromatic carbocycles. The molecule has 10 heteroatoms. The number of sulfonamides is 1. The van der Waals surface area contributed by atoms with Gasteiger partial charge in [-0.1, -0.05) is 35.1 Å². The summed E-state index contributed by atoms with van der Waals surface area (Å²) in [7, 11) is -3.69. The fraction of sp³-hybridized carbons (Fsp3) is 0.250. The fourth-order valence-electron chi connectivity index (χ4n) is 3.33. The van der Waals surface area contributed by atoms with E-state index < -0.39 is 27.8 Å². The van der Waals surface area contributed by atoms with Crippen LogP contribution in [0.4, 0.5) is 10.1 Å². The quantitative estimate of drug-likeness (QED) is 0.644. The van der Waals surface area contributed by atoms with Crippen molar-refractivity contribution in [1.82, 2.24) is 14.5 Å². The van der Waals surface area contributed by atoms with Crippen LogP contribution in [0.2, 0.25) is 0 Å². The molecule has 2 heterocycles. The summed E-state index contributed by atoms with van der Waals surface area (Å²) >= 11 is 1.05. The molecule has 4 rings (SSSR count). The lowest BCUT2D eigenvalue weighted by Gasteiger charge is -2.22. The molecule has 7 nitrogen and oxygen atoms in total. The topological polar surface area (TPSA) is 92.3 Å². The first-order valence-electron chi connectivity index (χ1n) is 9.33. The number of aromatic nitrogens is 2. The second kappa shape index (κ2) is 8.21. The number of rotatable bonds is 5. The van der Waals surface area contributed by atoms with E-state index >= 15 is 0 Å². The minimum absolute atomic E-state index is 0.0915. The normalized spacial score (nSPS) is 17.2. The van der Waals surface area contributed by atoms with Gasteiger partial charge in [-0.05, 0) is 50.1 Å². The maximum absolute atomic E-state index is 13.3. The summed E-state index contributed by atoms with van der Waals surface area (Å²) < 4.78 is 41.0. The zero-order chi connectivity index (χ0) is 21.3. The largest absolute Gasteiger partial charge is 0.320 e. The molecule has 0 aliphatic carbocycles. The first-order chi connectivity index (χ1) is 14.3. The number of hydrogen-bond donors (Lipinski definition) is 1. The average molecular weight is 447 g/mol. The van der Waals surface area contributed by atoms with Gasteiger partial charge in [-0.15, -0.1) is 10.2 Å². The Morgan fingerprint density at radius 2 is 1.97 bits per heavy atom. The van der Waals surface area contributed by atoms with Crippen LogP contribution in [0.5, 0.6) is 0 Å². The van der Waals surface area contributed by atoms with E-state index in [1.54, 1.807) is 30.3 Å². The van der Waals surface area contributed by atoms with Gasteiger partial charge in [0, 0.05) is 12.2 Å². The Balaban J connectivity index is 1.54. The predicted octanol–water partition coefficient (Wildman–Crippen LogP) is 3.76. The number of halogens is 1. The highest BCUT2D eigenvalue weighted by Gasteiger charge is 2.38. The van der Waals surface area contributed by atoms with Crippen molar-refractivity contribution < 1.29 is 17.6 Å². The van der Waals surface area contributed by atoms with E-state index in [2.05, 4.69) is 15.5 Å². The number of nitrogens with zero attached hydrogens (tertiary/aromatic N) is 3. The summed E-state index contributed by atoms with van der Waals surface area (Å²) in [6, 6.07) is 11.8. The van der Waals surface area contributed by atoms with Crippen LogP contribution in [-0.4, -0.2) is 35.4 Å². The Kier molecular flexibility index (Phi) is 5.63. The third kappa shape index (κ3) is 4.11. The van der Waals surface area contributed by atoms with Gasteiger partial charge in [0.25, 0.3) is 5.91 Å². The summed E-state index contributed by atoms with van der Waals surface area (Å²) in [6.07, 6.45) is 1.30. The SMILES string of the molecule is Cc1ccc(S(=O)(=O)N2CCCC2c2nnc(C(=O)Nc3cccc(F)c3)s2)cc1. The molecule has 1 saturated heterocycles. The fourth-order valence-corrected chi connectivity index (χ4v) is 5.95. The molecular weight excluding hydrogens is 427 g/mol. The highest BCUT2D eigenvalue weighted by atomic mass is 32.2. The molecule has 156 valence electrons. The van der Waals surface area contributed by atoms with Crippen LogP contribution in [0.1, 0.15) is 39.3 Å². The number of hydrogen-bond acceptors (Lipinski definition) is 6. The summed E-state index contributed by atoms with van der Waals surface area (Å²) in [4.78, 5) is 12.7. The number of amides is 1. The second-order valence-corrected chi connectivity index (χ2v) is 9.90. The van der Waals surface area contributed by atoms with Crippen LogP contribution < -0.4 is 5.32 Å². The number of carbonyl (C=O) groups is 1. The standard InChI is InChI=1S/C20H19FN4O3S2/c1-13-7-9-16(10-8-13)30(27,28)25-11-3-6-17(25)19-23-24-20(29-19)18(26)22-15-5-2-4-14(21)12-15/h2,4-5,7-10,12,17H,3,6,11H2,1H3,(H,22,26). The van der Waals surface area contributed by atoms with Crippen molar-refractivity contribution in [3.8, 4) is 0 Å². The van der Waals surface area contributed by atoms with Crippen molar-refractivity contribution in [2.24, 2.45) is 0 Å². The van der Waals surface area contributed by atoms with Gasteiger partial charge in [-0.3, -0.25) is 4.79 Å². The molecule has 0 bridgehead atoms. The monoisotopic (exact) mass is 446 g/mol. The lowest BCUT2D eigenvalue weighted by atomic mass is 10.2. The summed E-state index contributed by atoms with van der Waals surface area (Å²) in [5, 5.41) is 11.1. The Morgan fingerprint density at radius 3 is 2.70 bits per heavy atom. The zero-order valence-corrected chi connectivity index (χ0v) is 17.7. The van der Waals surface area contributed by atoms with Gasteiger partial charge in [0.15, 0.2) is 0 Å². The molecule has 1 aliphatic heterocycles. The van der Waals surface area contributed by atoms with Crippen molar-refractivity contribution in [3.05, 3.63) is 69.9 Å². The van der Waals surface area contributed by atoms with Gasteiger partial charge in [-0.2, -0.15) is 4.31 Å². The molecule has 0 spiro atoms. The molecule has 1 unspecified atom stereocenters. The number of aryl methyl sites for hydroxylation is 1. The lowest BCUT2D eigenvalue weighted by molar-refractivity contribution is 0.102. The molecule has 1 aliphatic rings. The van der Waals surface area contributed by atoms with Gasteiger partial charge in [0.2, 0.25) is 15.0 Å². The first-order valence-corrected chi connectivity index (χ1v) is 11.6. The first kappa shape index (κ1) is 20.6. The van der Waals surface area contributed by atoms with Gasteiger partial charge in [0.05, 0.1) is 10.9 Å². The van der Waals surface area contributed by atoms with Crippen molar-refractivity contribution in [3.63, 3.8) is 0 Å². The molecule has 30 heavy (non-hydrogen) atoms. The molecule has 1 aromatic heterocycles. The third-order valence-electron chi connectivity index (χ3n) is 4.83. The summed E-state index contributed by atoms with van der Waals surface area (Å²) in [5.41, 5.74) is 1.28. The second-order valence-electron chi connectivity index (χ2n) is 7.00. The lowest BCUT2D eigenvalue weighted by Crippen LogP contribution is -2.30. The number of anilines is 1. The third-order valence-corrected chi connectivity index (χ3v) is 7.78. The van der Waals surface area contributed by atoms with Crippen LogP contribution in [-0.2, 0) is 10.0 Å².